The normalized spacial score (nSPS) is 18.0. The third kappa shape index (κ3) is 5.24. The van der Waals surface area contributed by atoms with Gasteiger partial charge in [0.15, 0.2) is 5.65 Å². The maximum atomic E-state index is 10.7. The van der Waals surface area contributed by atoms with Crippen LogP contribution in [-0.4, -0.2) is 69.2 Å². The average molecular weight is 452 g/mol. The van der Waals surface area contributed by atoms with E-state index in [9.17, 15) is 4.79 Å². The van der Waals surface area contributed by atoms with Crippen LogP contribution in [0.4, 0.5) is 11.6 Å². The van der Waals surface area contributed by atoms with Crippen molar-refractivity contribution in [3.8, 4) is 5.75 Å². The van der Waals surface area contributed by atoms with Crippen molar-refractivity contribution in [2.75, 3.05) is 39.1 Å². The first-order valence-electron chi connectivity index (χ1n) is 11.4. The quantitative estimate of drug-likeness (QED) is 0.655. The highest BCUT2D eigenvalue weighted by atomic mass is 16.5. The molecule has 1 N–H and O–H groups in total. The number of carbonyl (C=O) groups excluding carboxylic acids is 1. The highest BCUT2D eigenvalue weighted by Gasteiger charge is 2.20. The molecule has 33 heavy (non-hydrogen) atoms. The molecule has 2 aliphatic rings. The second kappa shape index (κ2) is 9.74. The molecule has 1 amide bonds. The van der Waals surface area contributed by atoms with Crippen LogP contribution >= 0.6 is 0 Å². The minimum absolute atomic E-state index is 0.222. The van der Waals surface area contributed by atoms with Crippen molar-refractivity contribution >= 4 is 28.6 Å². The molecule has 0 saturated carbocycles. The number of carbonyl (C=O) groups is 1. The fraction of sp³-hybridized carbons (Fsp3) is 0.500. The molecule has 9 heteroatoms. The fourth-order valence-electron chi connectivity index (χ4n) is 4.33. The third-order valence-electron chi connectivity index (χ3n) is 6.31. The fourth-order valence-corrected chi connectivity index (χ4v) is 4.33. The van der Waals surface area contributed by atoms with Crippen molar-refractivity contribution in [3.63, 3.8) is 0 Å². The summed E-state index contributed by atoms with van der Waals surface area (Å²) >= 11 is 0. The minimum Gasteiger partial charge on any atom is -0.495 e. The van der Waals surface area contributed by atoms with Crippen molar-refractivity contribution in [1.82, 2.24) is 29.5 Å². The zero-order chi connectivity index (χ0) is 23.5. The highest BCUT2D eigenvalue weighted by molar-refractivity contribution is 5.76. The van der Waals surface area contributed by atoms with Crippen LogP contribution in [0.5, 0.6) is 5.75 Å². The van der Waals surface area contributed by atoms with Gasteiger partial charge in [-0.25, -0.2) is 4.98 Å². The maximum absolute atomic E-state index is 10.7. The number of anilines is 2. The van der Waals surface area contributed by atoms with Gasteiger partial charge in [0, 0.05) is 46.3 Å². The van der Waals surface area contributed by atoms with E-state index < -0.39 is 0 Å². The number of hydrogen-bond acceptors (Lipinski definition) is 7. The van der Waals surface area contributed by atoms with Crippen molar-refractivity contribution in [3.05, 3.63) is 35.7 Å². The molecular weight excluding hydrogens is 418 g/mol. The van der Waals surface area contributed by atoms with E-state index in [4.69, 9.17) is 4.74 Å². The third-order valence-corrected chi connectivity index (χ3v) is 6.31. The number of aromatic nitrogens is 4. The van der Waals surface area contributed by atoms with Gasteiger partial charge < -0.3 is 19.9 Å². The molecule has 1 saturated heterocycles. The molecule has 0 aliphatic carbocycles. The van der Waals surface area contributed by atoms with Gasteiger partial charge in [-0.15, -0.1) is 0 Å². The van der Waals surface area contributed by atoms with E-state index in [1.165, 1.54) is 17.5 Å². The first-order chi connectivity index (χ1) is 15.8. The number of nitrogens with one attached hydrogen (secondary N) is 1. The second-order valence-electron chi connectivity index (χ2n) is 9.03. The Balaban J connectivity index is 0.000000243. The summed E-state index contributed by atoms with van der Waals surface area (Å²) in [6.45, 7) is 7.77. The highest BCUT2D eigenvalue weighted by Crippen LogP contribution is 2.33. The second-order valence-corrected chi connectivity index (χ2v) is 9.03. The summed E-state index contributed by atoms with van der Waals surface area (Å²) in [6, 6.07) is 4.26. The number of benzene rings is 1. The molecule has 0 bridgehead atoms. The number of amides is 1. The first-order valence-corrected chi connectivity index (χ1v) is 11.4. The Morgan fingerprint density at radius 1 is 1.18 bits per heavy atom. The first kappa shape index (κ1) is 23.0. The summed E-state index contributed by atoms with van der Waals surface area (Å²) in [7, 11) is 5.70. The Labute approximate surface area is 194 Å². The number of nitrogens with zero attached hydrogens (tertiary/aromatic N) is 6. The van der Waals surface area contributed by atoms with E-state index in [-0.39, 0.29) is 5.91 Å². The van der Waals surface area contributed by atoms with E-state index in [0.717, 1.165) is 55.1 Å². The predicted molar refractivity (Wildman–Crippen MR) is 129 cm³/mol. The summed E-state index contributed by atoms with van der Waals surface area (Å²) in [5.74, 6) is 2.29. The topological polar surface area (TPSA) is 88.4 Å². The van der Waals surface area contributed by atoms with Gasteiger partial charge in [0.1, 0.15) is 5.75 Å². The van der Waals surface area contributed by atoms with Crippen LogP contribution in [0, 0.1) is 5.92 Å². The molecule has 9 nitrogen and oxygen atoms in total. The molecule has 176 valence electrons. The summed E-state index contributed by atoms with van der Waals surface area (Å²) in [4.78, 5) is 23.9. The SMILES string of the molecule is CC(=O)N1CC[C@@H](C)C1.COc1cc2c(cc1Nc1ncc3cnn(C)c3n1)CN(C)CC2. The van der Waals surface area contributed by atoms with E-state index >= 15 is 0 Å². The lowest BCUT2D eigenvalue weighted by molar-refractivity contribution is -0.127. The largest absolute Gasteiger partial charge is 0.495 e. The van der Waals surface area contributed by atoms with E-state index in [1.807, 2.05) is 11.9 Å². The van der Waals surface area contributed by atoms with Gasteiger partial charge in [0.05, 0.1) is 24.4 Å². The van der Waals surface area contributed by atoms with Crippen LogP contribution in [0.2, 0.25) is 0 Å². The van der Waals surface area contributed by atoms with Crippen molar-refractivity contribution in [2.24, 2.45) is 13.0 Å². The molecule has 0 unspecified atom stereocenters. The number of rotatable bonds is 3. The average Bonchev–Trinajstić information content (AvgIpc) is 3.39. The number of methoxy groups -OCH3 is 1. The Kier molecular flexibility index (Phi) is 6.78. The monoisotopic (exact) mass is 451 g/mol. The molecule has 0 radical (unpaired) electrons. The minimum atomic E-state index is 0.222. The van der Waals surface area contributed by atoms with Gasteiger partial charge in [-0.05, 0) is 49.1 Å². The lowest BCUT2D eigenvalue weighted by Crippen LogP contribution is -2.26. The van der Waals surface area contributed by atoms with Crippen LogP contribution in [0.1, 0.15) is 31.4 Å². The van der Waals surface area contributed by atoms with Crippen LogP contribution in [0.15, 0.2) is 24.5 Å². The Morgan fingerprint density at radius 2 is 2.00 bits per heavy atom. The molecule has 4 heterocycles. The predicted octanol–water partition coefficient (Wildman–Crippen LogP) is 2.98. The molecule has 1 fully saturated rings. The lowest BCUT2D eigenvalue weighted by atomic mass is 9.99. The van der Waals surface area contributed by atoms with Gasteiger partial charge in [0.2, 0.25) is 11.9 Å². The smallest absolute Gasteiger partial charge is 0.229 e. The number of likely N-dealkylation sites (N-methyl/N-ethyl adjacent to an activating group) is 1. The Morgan fingerprint density at radius 3 is 2.67 bits per heavy atom. The zero-order valence-corrected chi connectivity index (χ0v) is 20.1. The summed E-state index contributed by atoms with van der Waals surface area (Å²) < 4.78 is 7.29. The van der Waals surface area contributed by atoms with Gasteiger partial charge in [-0.1, -0.05) is 6.92 Å². The molecule has 1 atom stereocenters. The summed E-state index contributed by atoms with van der Waals surface area (Å²) in [6.07, 6.45) is 5.75. The van der Waals surface area contributed by atoms with Crippen LogP contribution in [-0.2, 0) is 24.8 Å². The van der Waals surface area contributed by atoms with Crippen LogP contribution in [0.3, 0.4) is 0 Å². The van der Waals surface area contributed by atoms with Crippen molar-refractivity contribution in [1.29, 1.82) is 0 Å². The van der Waals surface area contributed by atoms with Crippen LogP contribution in [0.25, 0.3) is 11.0 Å². The maximum Gasteiger partial charge on any atom is 0.229 e. The molecule has 2 aliphatic heterocycles. The summed E-state index contributed by atoms with van der Waals surface area (Å²) in [5, 5.41) is 8.41. The zero-order valence-electron chi connectivity index (χ0n) is 20.1. The molecule has 0 spiro atoms. The number of hydrogen-bond donors (Lipinski definition) is 1. The van der Waals surface area contributed by atoms with Crippen LogP contribution < -0.4 is 10.1 Å². The van der Waals surface area contributed by atoms with Gasteiger partial charge in [0.25, 0.3) is 0 Å². The molecule has 1 aromatic carbocycles. The molecular formula is C24H33N7O2. The van der Waals surface area contributed by atoms with Gasteiger partial charge >= 0.3 is 0 Å². The lowest BCUT2D eigenvalue weighted by Gasteiger charge is -2.26. The molecule has 2 aromatic heterocycles. The summed E-state index contributed by atoms with van der Waals surface area (Å²) in [5.41, 5.74) is 4.34. The molecule has 3 aromatic rings. The Hall–Kier alpha value is -3.20. The number of ether oxygens (including phenoxy) is 1. The van der Waals surface area contributed by atoms with Crippen molar-refractivity contribution in [2.45, 2.75) is 33.2 Å². The number of aryl methyl sites for hydroxylation is 1. The van der Waals surface area contributed by atoms with Gasteiger partial charge in [-0.3, -0.25) is 9.48 Å². The van der Waals surface area contributed by atoms with Crippen molar-refractivity contribution < 1.29 is 9.53 Å². The Bertz CT molecular complexity index is 1140. The number of likely N-dealkylation sites (tertiary alicyclic amines) is 1. The number of fused-ring (bicyclic) bond motifs is 2. The van der Waals surface area contributed by atoms with E-state index in [2.05, 4.69) is 51.4 Å². The van der Waals surface area contributed by atoms with E-state index in [1.54, 1.807) is 31.1 Å². The van der Waals surface area contributed by atoms with E-state index in [0.29, 0.717) is 11.9 Å². The standard InChI is InChI=1S/C17H20N6O.C7H13NO/c1-22-5-4-11-7-15(24-3)14(6-12(11)10-22)20-17-18-8-13-9-19-23(2)16(13)21-17;1-6-3-4-8(5-6)7(2)9/h6-9H,4-5,10H2,1-3H3,(H,18,20,21);6H,3-5H2,1-2H3/t;6-/m.1/s1. The molecule has 5 rings (SSSR count). The van der Waals surface area contributed by atoms with Gasteiger partial charge in [-0.2, -0.15) is 10.1 Å².